The standard InChI is InChI=1S/C19H28FN3O3S/c1-14-10-15(2-3-18(14)20)11-21-19(23-17-4-7-26-8-5-17)22-12-16-6-9-27(24,25)13-16/h2-3,10,16-17H,4-9,11-13H2,1H3,(H2,21,22,23). The van der Waals surface area contributed by atoms with Crippen LogP contribution in [-0.4, -0.2) is 51.7 Å². The summed E-state index contributed by atoms with van der Waals surface area (Å²) in [4.78, 5) is 4.64. The van der Waals surface area contributed by atoms with Crippen molar-refractivity contribution in [3.8, 4) is 0 Å². The predicted octanol–water partition coefficient (Wildman–Crippen LogP) is 1.78. The highest BCUT2D eigenvalue weighted by molar-refractivity contribution is 7.91. The second-order valence-electron chi connectivity index (χ2n) is 7.43. The Labute approximate surface area is 160 Å². The van der Waals surface area contributed by atoms with E-state index in [-0.39, 0.29) is 29.3 Å². The summed E-state index contributed by atoms with van der Waals surface area (Å²) in [6.45, 7) is 4.20. The Bertz CT molecular complexity index is 776. The second-order valence-corrected chi connectivity index (χ2v) is 9.66. The van der Waals surface area contributed by atoms with Crippen molar-refractivity contribution >= 4 is 15.8 Å². The molecule has 0 aliphatic carbocycles. The van der Waals surface area contributed by atoms with E-state index in [0.717, 1.165) is 31.6 Å². The molecular formula is C19H28FN3O3S. The second kappa shape index (κ2) is 9.01. The third-order valence-corrected chi connectivity index (χ3v) is 6.93. The highest BCUT2D eigenvalue weighted by Gasteiger charge is 2.28. The molecule has 0 aromatic heterocycles. The summed E-state index contributed by atoms with van der Waals surface area (Å²) in [6, 6.07) is 5.28. The van der Waals surface area contributed by atoms with Crippen molar-refractivity contribution in [1.29, 1.82) is 0 Å². The molecule has 0 bridgehead atoms. The minimum Gasteiger partial charge on any atom is -0.381 e. The fourth-order valence-corrected chi connectivity index (χ4v) is 5.30. The number of aliphatic imine (C=N–C) groups is 1. The minimum absolute atomic E-state index is 0.116. The Morgan fingerprint density at radius 1 is 1.30 bits per heavy atom. The first-order valence-corrected chi connectivity index (χ1v) is 11.3. The van der Waals surface area contributed by atoms with E-state index < -0.39 is 9.84 Å². The van der Waals surface area contributed by atoms with Crippen LogP contribution in [0.15, 0.2) is 23.2 Å². The van der Waals surface area contributed by atoms with Crippen LogP contribution in [0.5, 0.6) is 0 Å². The normalized spacial score (nSPS) is 23.3. The SMILES string of the molecule is Cc1cc(CN=C(NCC2CCS(=O)(=O)C2)NC2CCOCC2)ccc1F. The lowest BCUT2D eigenvalue weighted by Crippen LogP contribution is -2.47. The zero-order chi connectivity index (χ0) is 19.3. The van der Waals surface area contributed by atoms with Crippen LogP contribution in [0, 0.1) is 18.7 Å². The summed E-state index contributed by atoms with van der Waals surface area (Å²) in [5.74, 6) is 1.08. The number of nitrogens with zero attached hydrogens (tertiary/aromatic N) is 1. The lowest BCUT2D eigenvalue weighted by atomic mass is 10.1. The van der Waals surface area contributed by atoms with E-state index in [1.54, 1.807) is 19.1 Å². The largest absolute Gasteiger partial charge is 0.381 e. The molecule has 0 spiro atoms. The Balaban J connectivity index is 1.63. The van der Waals surface area contributed by atoms with Gasteiger partial charge in [0.2, 0.25) is 0 Å². The minimum atomic E-state index is -2.89. The molecule has 2 fully saturated rings. The smallest absolute Gasteiger partial charge is 0.191 e. The first kappa shape index (κ1) is 20.1. The summed E-state index contributed by atoms with van der Waals surface area (Å²) in [6.07, 6.45) is 2.51. The molecule has 8 heteroatoms. The third kappa shape index (κ3) is 6.17. The monoisotopic (exact) mass is 397 g/mol. The number of benzene rings is 1. The van der Waals surface area contributed by atoms with Gasteiger partial charge in [0, 0.05) is 25.8 Å². The number of guanidine groups is 1. The van der Waals surface area contributed by atoms with Crippen molar-refractivity contribution in [3.05, 3.63) is 35.1 Å². The van der Waals surface area contributed by atoms with Gasteiger partial charge < -0.3 is 15.4 Å². The molecule has 3 rings (SSSR count). The van der Waals surface area contributed by atoms with E-state index >= 15 is 0 Å². The van der Waals surface area contributed by atoms with Crippen molar-refractivity contribution in [1.82, 2.24) is 10.6 Å². The summed E-state index contributed by atoms with van der Waals surface area (Å²) in [7, 11) is -2.89. The first-order valence-electron chi connectivity index (χ1n) is 9.49. The molecule has 6 nitrogen and oxygen atoms in total. The van der Waals surface area contributed by atoms with Gasteiger partial charge in [0.1, 0.15) is 5.82 Å². The molecule has 2 aliphatic rings. The average Bonchev–Trinajstić information content (AvgIpc) is 3.00. The molecule has 1 atom stereocenters. The van der Waals surface area contributed by atoms with Gasteiger partial charge in [-0.3, -0.25) is 0 Å². The van der Waals surface area contributed by atoms with Gasteiger partial charge >= 0.3 is 0 Å². The van der Waals surface area contributed by atoms with Crippen molar-refractivity contribution < 1.29 is 17.5 Å². The number of nitrogens with one attached hydrogen (secondary N) is 2. The topological polar surface area (TPSA) is 79.8 Å². The van der Waals surface area contributed by atoms with Crippen molar-refractivity contribution in [2.75, 3.05) is 31.3 Å². The summed E-state index contributed by atoms with van der Waals surface area (Å²) in [5, 5.41) is 6.73. The maximum Gasteiger partial charge on any atom is 0.191 e. The molecule has 2 N–H and O–H groups in total. The third-order valence-electron chi connectivity index (χ3n) is 5.09. The van der Waals surface area contributed by atoms with Crippen molar-refractivity contribution in [2.24, 2.45) is 10.9 Å². The van der Waals surface area contributed by atoms with Crippen LogP contribution in [-0.2, 0) is 21.1 Å². The molecule has 1 aromatic rings. The van der Waals surface area contributed by atoms with Crippen molar-refractivity contribution in [3.63, 3.8) is 0 Å². The van der Waals surface area contributed by atoms with Gasteiger partial charge in [-0.15, -0.1) is 0 Å². The van der Waals surface area contributed by atoms with Gasteiger partial charge in [0.15, 0.2) is 15.8 Å². The van der Waals surface area contributed by atoms with Crippen molar-refractivity contribution in [2.45, 2.75) is 38.8 Å². The van der Waals surface area contributed by atoms with Gasteiger partial charge in [-0.25, -0.2) is 17.8 Å². The molecule has 2 heterocycles. The summed E-state index contributed by atoms with van der Waals surface area (Å²) in [5.41, 5.74) is 1.54. The molecule has 27 heavy (non-hydrogen) atoms. The van der Waals surface area contributed by atoms with Crippen LogP contribution in [0.25, 0.3) is 0 Å². The van der Waals surface area contributed by atoms with Crippen LogP contribution < -0.4 is 10.6 Å². The van der Waals surface area contributed by atoms with Gasteiger partial charge in [0.05, 0.1) is 18.1 Å². The van der Waals surface area contributed by atoms with E-state index in [9.17, 15) is 12.8 Å². The Morgan fingerprint density at radius 3 is 2.74 bits per heavy atom. The molecule has 0 amide bonds. The van der Waals surface area contributed by atoms with Crippen LogP contribution in [0.1, 0.15) is 30.4 Å². The number of hydrogen-bond acceptors (Lipinski definition) is 4. The van der Waals surface area contributed by atoms with Gasteiger partial charge in [-0.1, -0.05) is 12.1 Å². The van der Waals surface area contributed by atoms with E-state index in [1.807, 2.05) is 0 Å². The molecule has 1 aromatic carbocycles. The number of aryl methyl sites for hydroxylation is 1. The van der Waals surface area contributed by atoms with Crippen LogP contribution in [0.2, 0.25) is 0 Å². The van der Waals surface area contributed by atoms with Crippen LogP contribution >= 0.6 is 0 Å². The first-order chi connectivity index (χ1) is 12.9. The Morgan fingerprint density at radius 2 is 2.07 bits per heavy atom. The van der Waals surface area contributed by atoms with Crippen LogP contribution in [0.3, 0.4) is 0 Å². The zero-order valence-corrected chi connectivity index (χ0v) is 16.5. The van der Waals surface area contributed by atoms with E-state index in [0.29, 0.717) is 31.0 Å². The maximum absolute atomic E-state index is 13.4. The summed E-state index contributed by atoms with van der Waals surface area (Å²) >= 11 is 0. The number of halogens is 1. The zero-order valence-electron chi connectivity index (χ0n) is 15.7. The highest BCUT2D eigenvalue weighted by Crippen LogP contribution is 2.17. The van der Waals surface area contributed by atoms with Gasteiger partial charge in [0.25, 0.3) is 0 Å². The number of ether oxygens (including phenoxy) is 1. The number of rotatable bonds is 5. The Hall–Kier alpha value is -1.67. The van der Waals surface area contributed by atoms with E-state index in [1.165, 1.54) is 6.07 Å². The highest BCUT2D eigenvalue weighted by atomic mass is 32.2. The lowest BCUT2D eigenvalue weighted by Gasteiger charge is -2.25. The van der Waals surface area contributed by atoms with Crippen LogP contribution in [0.4, 0.5) is 4.39 Å². The lowest BCUT2D eigenvalue weighted by molar-refractivity contribution is 0.0822. The summed E-state index contributed by atoms with van der Waals surface area (Å²) < 4.78 is 42.1. The molecule has 150 valence electrons. The quantitative estimate of drug-likeness (QED) is 0.585. The maximum atomic E-state index is 13.4. The molecule has 0 saturated carbocycles. The van der Waals surface area contributed by atoms with Gasteiger partial charge in [-0.2, -0.15) is 0 Å². The van der Waals surface area contributed by atoms with E-state index in [2.05, 4.69) is 15.6 Å². The Kier molecular flexibility index (Phi) is 6.70. The fourth-order valence-electron chi connectivity index (χ4n) is 3.44. The molecular weight excluding hydrogens is 369 g/mol. The average molecular weight is 398 g/mol. The number of sulfone groups is 1. The van der Waals surface area contributed by atoms with Gasteiger partial charge in [-0.05, 0) is 49.3 Å². The fraction of sp³-hybridized carbons (Fsp3) is 0.632. The molecule has 2 aliphatic heterocycles. The number of hydrogen-bond donors (Lipinski definition) is 2. The molecule has 0 radical (unpaired) electrons. The molecule has 1 unspecified atom stereocenters. The predicted molar refractivity (Wildman–Crippen MR) is 104 cm³/mol. The van der Waals surface area contributed by atoms with E-state index in [4.69, 9.17) is 4.74 Å². The molecule has 2 saturated heterocycles.